The largest absolute Gasteiger partial charge is 0.354 e. The normalized spacial score (nSPS) is 15.9. The van der Waals surface area contributed by atoms with Gasteiger partial charge in [0.1, 0.15) is 5.41 Å². The van der Waals surface area contributed by atoms with Crippen molar-refractivity contribution >= 4 is 11.5 Å². The summed E-state index contributed by atoms with van der Waals surface area (Å²) in [4.78, 5) is 29.7. The lowest BCUT2D eigenvalue weighted by Gasteiger charge is -2.40. The van der Waals surface area contributed by atoms with Crippen molar-refractivity contribution in [3.63, 3.8) is 0 Å². The molecule has 0 unspecified atom stereocenters. The first-order chi connectivity index (χ1) is 23.2. The number of hydrogen-bond acceptors (Lipinski definition) is 8. The zero-order valence-electron chi connectivity index (χ0n) is 25.4. The molecule has 1 aromatic carbocycles. The molecular formula is C38H27N9. The summed E-state index contributed by atoms with van der Waals surface area (Å²) < 4.78 is 0. The van der Waals surface area contributed by atoms with Gasteiger partial charge in [-0.2, -0.15) is 5.10 Å². The maximum absolute atomic E-state index is 5.10. The second kappa shape index (κ2) is 9.40. The molecule has 10 rings (SSSR count). The molecule has 0 saturated heterocycles. The minimum Gasteiger partial charge on any atom is -0.354 e. The average molecular weight is 610 g/mol. The molecule has 1 N–H and O–H groups in total. The molecule has 6 aromatic heterocycles. The minimum atomic E-state index is -0.831. The van der Waals surface area contributed by atoms with Gasteiger partial charge in [-0.05, 0) is 53.6 Å². The predicted octanol–water partition coefficient (Wildman–Crippen LogP) is 5.93. The minimum absolute atomic E-state index is 0.618. The Morgan fingerprint density at radius 2 is 1.06 bits per heavy atom. The van der Waals surface area contributed by atoms with E-state index in [1.807, 2.05) is 67.4 Å². The summed E-state index contributed by atoms with van der Waals surface area (Å²) in [5, 5.41) is 7.68. The van der Waals surface area contributed by atoms with E-state index in [0.29, 0.717) is 6.67 Å². The topological polar surface area (TPSA) is 99.6 Å². The first-order valence-corrected chi connectivity index (χ1v) is 15.6. The van der Waals surface area contributed by atoms with Crippen LogP contribution in [0.5, 0.6) is 0 Å². The Kier molecular flexibility index (Phi) is 5.21. The third kappa shape index (κ3) is 3.17. The number of pyridine rings is 5. The van der Waals surface area contributed by atoms with Crippen LogP contribution in [0.15, 0.2) is 128 Å². The average Bonchev–Trinajstić information content (AvgIpc) is 3.91. The molecule has 0 fully saturated rings. The van der Waals surface area contributed by atoms with Crippen LogP contribution in [-0.4, -0.2) is 48.8 Å². The molecule has 9 nitrogen and oxygen atoms in total. The number of aromatic amines is 1. The van der Waals surface area contributed by atoms with E-state index < -0.39 is 11.0 Å². The Bertz CT molecular complexity index is 2240. The van der Waals surface area contributed by atoms with Crippen molar-refractivity contribution in [1.29, 1.82) is 0 Å². The number of nitrogens with one attached hydrogen (secondary N) is 1. The van der Waals surface area contributed by atoms with Gasteiger partial charge >= 0.3 is 0 Å². The van der Waals surface area contributed by atoms with Gasteiger partial charge < -0.3 is 9.80 Å². The van der Waals surface area contributed by atoms with Gasteiger partial charge in [-0.25, -0.2) is 4.98 Å². The highest BCUT2D eigenvalue weighted by Gasteiger charge is 2.55. The molecule has 47 heavy (non-hydrogen) atoms. The molecule has 0 radical (unpaired) electrons. The number of nitrogens with zero attached hydrogens (tertiary/aromatic N) is 8. The first-order valence-electron chi connectivity index (χ1n) is 15.6. The third-order valence-electron chi connectivity index (χ3n) is 10.0. The second-order valence-electron chi connectivity index (χ2n) is 12.2. The SMILES string of the molecule is CN1CN(C2(c3ccc(C4(c5ccn[nH]5)c5ncccc5-c5cccnc54)cc3)c3ncccc3-c3cccnc32)c2ncccc21. The Balaban J connectivity index is 1.25. The fourth-order valence-corrected chi connectivity index (χ4v) is 8.20. The van der Waals surface area contributed by atoms with E-state index in [1.54, 1.807) is 6.20 Å². The highest BCUT2D eigenvalue weighted by molar-refractivity contribution is 5.86. The zero-order chi connectivity index (χ0) is 31.2. The number of anilines is 2. The van der Waals surface area contributed by atoms with Crippen LogP contribution in [0.2, 0.25) is 0 Å². The molecular weight excluding hydrogens is 582 g/mol. The number of benzene rings is 1. The predicted molar refractivity (Wildman–Crippen MR) is 179 cm³/mol. The smallest absolute Gasteiger partial charge is 0.155 e. The summed E-state index contributed by atoms with van der Waals surface area (Å²) in [6.45, 7) is 0.618. The van der Waals surface area contributed by atoms with Gasteiger partial charge in [0.25, 0.3) is 0 Å². The monoisotopic (exact) mass is 609 g/mol. The van der Waals surface area contributed by atoms with Crippen LogP contribution in [0.3, 0.4) is 0 Å². The van der Waals surface area contributed by atoms with Crippen molar-refractivity contribution in [3.8, 4) is 22.3 Å². The van der Waals surface area contributed by atoms with Crippen molar-refractivity contribution in [2.24, 2.45) is 0 Å². The van der Waals surface area contributed by atoms with Crippen LogP contribution in [0.1, 0.15) is 39.6 Å². The molecule has 3 aliphatic rings. The highest BCUT2D eigenvalue weighted by atomic mass is 15.4. The standard InChI is InChI=1S/C38H27N9/c1-46-23-47(36-30(46)11-6-21-43-36)38(34-28(9-4-19-41-34)29-10-5-20-42-35(29)38)25-14-12-24(13-15-25)37(31-16-22-44-45-31)32-26(7-2-17-39-32)27-8-3-18-40-33(27)37/h2-22H,23H2,1H3,(H,44,45). The molecule has 0 amide bonds. The van der Waals surface area contributed by atoms with Gasteiger partial charge in [-0.3, -0.25) is 25.0 Å². The maximum atomic E-state index is 5.10. The summed E-state index contributed by atoms with van der Waals surface area (Å²) in [5.41, 5.74) is 10.5. The third-order valence-corrected chi connectivity index (χ3v) is 10.0. The van der Waals surface area contributed by atoms with E-state index in [0.717, 1.165) is 73.4 Å². The lowest BCUT2D eigenvalue weighted by atomic mass is 9.73. The van der Waals surface area contributed by atoms with Crippen molar-refractivity contribution in [2.75, 3.05) is 23.5 Å². The Hall–Kier alpha value is -6.22. The molecule has 0 bridgehead atoms. The fourth-order valence-electron chi connectivity index (χ4n) is 8.20. The van der Waals surface area contributed by atoms with E-state index in [9.17, 15) is 0 Å². The van der Waals surface area contributed by atoms with Crippen LogP contribution < -0.4 is 9.80 Å². The highest BCUT2D eigenvalue weighted by Crippen LogP contribution is 2.57. The van der Waals surface area contributed by atoms with Crippen molar-refractivity contribution in [2.45, 2.75) is 11.0 Å². The molecule has 7 aromatic rings. The lowest BCUT2D eigenvalue weighted by Crippen LogP contribution is -2.49. The van der Waals surface area contributed by atoms with Crippen LogP contribution in [0, 0.1) is 0 Å². The van der Waals surface area contributed by atoms with Crippen LogP contribution in [0.25, 0.3) is 22.3 Å². The second-order valence-corrected chi connectivity index (χ2v) is 12.2. The summed E-state index contributed by atoms with van der Waals surface area (Å²) >= 11 is 0. The van der Waals surface area contributed by atoms with Crippen molar-refractivity contribution in [3.05, 3.63) is 168 Å². The zero-order valence-corrected chi connectivity index (χ0v) is 25.4. The number of H-pyrrole nitrogens is 1. The molecule has 0 saturated carbocycles. The van der Waals surface area contributed by atoms with E-state index in [4.69, 9.17) is 24.9 Å². The quantitative estimate of drug-likeness (QED) is 0.262. The number of fused-ring (bicyclic) bond motifs is 7. The van der Waals surface area contributed by atoms with E-state index in [-0.39, 0.29) is 0 Å². The number of hydrogen-bond donors (Lipinski definition) is 1. The van der Waals surface area contributed by atoms with Gasteiger partial charge in [0, 0.05) is 66.5 Å². The molecule has 7 heterocycles. The Labute approximate surface area is 270 Å². The molecule has 0 atom stereocenters. The van der Waals surface area contributed by atoms with Crippen LogP contribution >= 0.6 is 0 Å². The number of aromatic nitrogens is 7. The molecule has 1 aliphatic heterocycles. The summed E-state index contributed by atoms with van der Waals surface area (Å²) in [6.07, 6.45) is 11.1. The van der Waals surface area contributed by atoms with Crippen molar-refractivity contribution < 1.29 is 0 Å². The van der Waals surface area contributed by atoms with Gasteiger partial charge in [-0.15, -0.1) is 0 Å². The van der Waals surface area contributed by atoms with E-state index >= 15 is 0 Å². The number of rotatable bonds is 4. The summed E-state index contributed by atoms with van der Waals surface area (Å²) in [6, 6.07) is 31.5. The Morgan fingerprint density at radius 3 is 1.64 bits per heavy atom. The van der Waals surface area contributed by atoms with Crippen LogP contribution in [0.4, 0.5) is 11.5 Å². The molecule has 0 spiro atoms. The summed E-state index contributed by atoms with van der Waals surface area (Å²) in [7, 11) is 2.11. The van der Waals surface area contributed by atoms with E-state index in [2.05, 4.69) is 81.6 Å². The van der Waals surface area contributed by atoms with Gasteiger partial charge in [0.05, 0.1) is 40.8 Å². The molecule has 9 heteroatoms. The van der Waals surface area contributed by atoms with E-state index in [1.165, 1.54) is 0 Å². The van der Waals surface area contributed by atoms with Crippen molar-refractivity contribution in [1.82, 2.24) is 35.1 Å². The first kappa shape index (κ1) is 26.0. The van der Waals surface area contributed by atoms with Crippen LogP contribution in [-0.2, 0) is 11.0 Å². The van der Waals surface area contributed by atoms with Gasteiger partial charge in [-0.1, -0.05) is 48.5 Å². The van der Waals surface area contributed by atoms with Gasteiger partial charge in [0.2, 0.25) is 0 Å². The lowest BCUT2D eigenvalue weighted by molar-refractivity contribution is 0.550. The molecule has 2 aliphatic carbocycles. The molecule has 224 valence electrons. The Morgan fingerprint density at radius 1 is 0.553 bits per heavy atom. The summed E-state index contributed by atoms with van der Waals surface area (Å²) in [5.74, 6) is 0.898. The fraction of sp³-hybridized carbons (Fsp3) is 0.105. The van der Waals surface area contributed by atoms with Gasteiger partial charge in [0.15, 0.2) is 11.4 Å². The maximum Gasteiger partial charge on any atom is 0.155 e.